The average molecular weight is 360 g/mol. The second kappa shape index (κ2) is 9.32. The van der Waals surface area contributed by atoms with Gasteiger partial charge in [-0.3, -0.25) is 9.59 Å². The molecular weight excluding hydrogens is 336 g/mol. The number of rotatable bonds is 8. The number of likely N-dealkylation sites (N-methyl/N-ethyl adjacent to an activating group) is 1. The fourth-order valence-electron chi connectivity index (χ4n) is 2.42. The largest absolute Gasteiger partial charge is 0.468 e. The normalized spacial score (nSPS) is 11.8. The van der Waals surface area contributed by atoms with Crippen molar-refractivity contribution in [1.82, 2.24) is 4.90 Å². The minimum absolute atomic E-state index is 0.0303. The second-order valence-electron chi connectivity index (χ2n) is 5.79. The number of nitrogens with zero attached hydrogens (tertiary/aromatic N) is 1. The molecule has 0 saturated carbocycles. The zero-order chi connectivity index (χ0) is 18.2. The van der Waals surface area contributed by atoms with Gasteiger partial charge in [0, 0.05) is 12.7 Å². The highest BCUT2D eigenvalue weighted by molar-refractivity contribution is 7.99. The molecule has 0 aliphatic carbocycles. The van der Waals surface area contributed by atoms with Gasteiger partial charge in [0.2, 0.25) is 11.8 Å². The van der Waals surface area contributed by atoms with Crippen LogP contribution in [-0.2, 0) is 21.8 Å². The number of anilines is 1. The summed E-state index contributed by atoms with van der Waals surface area (Å²) in [6.07, 6.45) is 2.46. The van der Waals surface area contributed by atoms with Gasteiger partial charge in [-0.05, 0) is 37.1 Å². The topological polar surface area (TPSA) is 62.6 Å². The number of benzene rings is 1. The third-order valence-electron chi connectivity index (χ3n) is 3.83. The van der Waals surface area contributed by atoms with Gasteiger partial charge in [0.05, 0.1) is 23.8 Å². The molecule has 134 valence electrons. The number of para-hydroxylation sites is 1. The fraction of sp³-hybridized carbons (Fsp3) is 0.368. The molecule has 25 heavy (non-hydrogen) atoms. The maximum atomic E-state index is 12.4. The Morgan fingerprint density at radius 2 is 2.00 bits per heavy atom. The fourth-order valence-corrected chi connectivity index (χ4v) is 3.32. The highest BCUT2D eigenvalue weighted by Gasteiger charge is 2.20. The average Bonchev–Trinajstić information content (AvgIpc) is 3.12. The molecular formula is C19H24N2O3S. The van der Waals surface area contributed by atoms with E-state index >= 15 is 0 Å². The predicted molar refractivity (Wildman–Crippen MR) is 102 cm³/mol. The third kappa shape index (κ3) is 5.67. The van der Waals surface area contributed by atoms with E-state index in [1.165, 1.54) is 16.7 Å². The van der Waals surface area contributed by atoms with Gasteiger partial charge in [0.25, 0.3) is 0 Å². The summed E-state index contributed by atoms with van der Waals surface area (Å²) in [6.45, 7) is 3.91. The van der Waals surface area contributed by atoms with Crippen molar-refractivity contribution < 1.29 is 14.0 Å². The molecule has 0 fully saturated rings. The van der Waals surface area contributed by atoms with E-state index in [-0.39, 0.29) is 23.6 Å². The van der Waals surface area contributed by atoms with E-state index in [4.69, 9.17) is 4.42 Å². The Morgan fingerprint density at radius 1 is 1.24 bits per heavy atom. The van der Waals surface area contributed by atoms with Gasteiger partial charge in [-0.15, -0.1) is 11.8 Å². The molecule has 0 saturated heterocycles. The molecule has 0 aliphatic heterocycles. The SMILES string of the molecule is CCc1ccccc1NC(=O)CN(C)C(=O)C(C)SCc1ccco1. The second-order valence-corrected chi connectivity index (χ2v) is 7.11. The van der Waals surface area contributed by atoms with Crippen LogP contribution in [0.2, 0.25) is 0 Å². The van der Waals surface area contributed by atoms with E-state index in [0.717, 1.165) is 23.4 Å². The number of nitrogens with one attached hydrogen (secondary N) is 1. The van der Waals surface area contributed by atoms with Crippen molar-refractivity contribution in [2.45, 2.75) is 31.3 Å². The van der Waals surface area contributed by atoms with Crippen LogP contribution in [0.1, 0.15) is 25.2 Å². The highest BCUT2D eigenvalue weighted by Crippen LogP contribution is 2.19. The minimum atomic E-state index is -0.245. The van der Waals surface area contributed by atoms with Crippen LogP contribution >= 0.6 is 11.8 Å². The number of furan rings is 1. The summed E-state index contributed by atoms with van der Waals surface area (Å²) in [4.78, 5) is 26.1. The lowest BCUT2D eigenvalue weighted by atomic mass is 10.1. The number of carbonyl (C=O) groups is 2. The van der Waals surface area contributed by atoms with Crippen molar-refractivity contribution in [2.75, 3.05) is 18.9 Å². The summed E-state index contributed by atoms with van der Waals surface area (Å²) in [6, 6.07) is 11.4. The van der Waals surface area contributed by atoms with Crippen LogP contribution in [0.5, 0.6) is 0 Å². The number of hydrogen-bond acceptors (Lipinski definition) is 4. The summed E-state index contributed by atoms with van der Waals surface area (Å²) in [5.41, 5.74) is 1.88. The molecule has 2 rings (SSSR count). The van der Waals surface area contributed by atoms with E-state index in [2.05, 4.69) is 5.32 Å². The smallest absolute Gasteiger partial charge is 0.243 e. The molecule has 0 aliphatic rings. The van der Waals surface area contributed by atoms with E-state index in [0.29, 0.717) is 5.75 Å². The lowest BCUT2D eigenvalue weighted by Crippen LogP contribution is -2.39. The molecule has 0 spiro atoms. The maximum Gasteiger partial charge on any atom is 0.243 e. The van der Waals surface area contributed by atoms with Gasteiger partial charge >= 0.3 is 0 Å². The Labute approximate surface area is 152 Å². The van der Waals surface area contributed by atoms with E-state index < -0.39 is 0 Å². The Balaban J connectivity index is 1.83. The zero-order valence-corrected chi connectivity index (χ0v) is 15.6. The summed E-state index contributed by atoms with van der Waals surface area (Å²) in [5.74, 6) is 1.20. The Kier molecular flexibility index (Phi) is 7.13. The van der Waals surface area contributed by atoms with Crippen molar-refractivity contribution >= 4 is 29.3 Å². The predicted octanol–water partition coefficient (Wildman–Crippen LogP) is 3.56. The number of amides is 2. The minimum Gasteiger partial charge on any atom is -0.468 e. The Bertz CT molecular complexity index is 700. The van der Waals surface area contributed by atoms with Gasteiger partial charge in [0.15, 0.2) is 0 Å². The maximum absolute atomic E-state index is 12.4. The first-order valence-corrected chi connectivity index (χ1v) is 9.32. The first-order chi connectivity index (χ1) is 12.0. The first kappa shape index (κ1) is 19.1. The molecule has 1 unspecified atom stereocenters. The van der Waals surface area contributed by atoms with Crippen molar-refractivity contribution in [3.8, 4) is 0 Å². The number of aryl methyl sites for hydroxylation is 1. The van der Waals surface area contributed by atoms with Crippen molar-refractivity contribution in [3.63, 3.8) is 0 Å². The highest BCUT2D eigenvalue weighted by atomic mass is 32.2. The molecule has 6 heteroatoms. The molecule has 2 aromatic rings. The number of thioether (sulfide) groups is 1. The van der Waals surface area contributed by atoms with Crippen LogP contribution in [0, 0.1) is 0 Å². The monoisotopic (exact) mass is 360 g/mol. The summed E-state index contributed by atoms with van der Waals surface area (Å²) < 4.78 is 5.27. The molecule has 1 aromatic heterocycles. The Hall–Kier alpha value is -2.21. The van der Waals surface area contributed by atoms with Crippen LogP contribution in [-0.4, -0.2) is 35.6 Å². The molecule has 2 amide bonds. The lowest BCUT2D eigenvalue weighted by Gasteiger charge is -2.21. The summed E-state index contributed by atoms with van der Waals surface area (Å²) in [7, 11) is 1.65. The van der Waals surface area contributed by atoms with Crippen molar-refractivity contribution in [2.24, 2.45) is 0 Å². The third-order valence-corrected chi connectivity index (χ3v) is 4.99. The van der Waals surface area contributed by atoms with Crippen LogP contribution in [0.15, 0.2) is 47.1 Å². The van der Waals surface area contributed by atoms with Gasteiger partial charge in [-0.2, -0.15) is 0 Å². The molecule has 1 atom stereocenters. The van der Waals surface area contributed by atoms with Crippen LogP contribution in [0.25, 0.3) is 0 Å². The summed E-state index contributed by atoms with van der Waals surface area (Å²) >= 11 is 1.49. The van der Waals surface area contributed by atoms with Crippen LogP contribution < -0.4 is 5.32 Å². The van der Waals surface area contributed by atoms with E-state index in [1.54, 1.807) is 13.3 Å². The van der Waals surface area contributed by atoms with Gasteiger partial charge in [-0.1, -0.05) is 25.1 Å². The molecule has 1 heterocycles. The molecule has 0 bridgehead atoms. The van der Waals surface area contributed by atoms with Gasteiger partial charge in [-0.25, -0.2) is 0 Å². The van der Waals surface area contributed by atoms with Gasteiger partial charge in [0.1, 0.15) is 5.76 Å². The lowest BCUT2D eigenvalue weighted by molar-refractivity contribution is -0.132. The molecule has 1 aromatic carbocycles. The number of carbonyl (C=O) groups excluding carboxylic acids is 2. The van der Waals surface area contributed by atoms with E-state index in [9.17, 15) is 9.59 Å². The van der Waals surface area contributed by atoms with Crippen molar-refractivity contribution in [1.29, 1.82) is 0 Å². The zero-order valence-electron chi connectivity index (χ0n) is 14.8. The molecule has 1 N–H and O–H groups in total. The summed E-state index contributed by atoms with van der Waals surface area (Å²) in [5, 5.41) is 2.64. The van der Waals surface area contributed by atoms with Gasteiger partial charge < -0.3 is 14.6 Å². The first-order valence-electron chi connectivity index (χ1n) is 8.28. The quantitative estimate of drug-likeness (QED) is 0.782. The standard InChI is InChI=1S/C19H24N2O3S/c1-4-15-8-5-6-10-17(15)20-18(22)12-21(3)19(23)14(2)25-13-16-9-7-11-24-16/h5-11,14H,4,12-13H2,1-3H3,(H,20,22). The van der Waals surface area contributed by atoms with Crippen LogP contribution in [0.4, 0.5) is 5.69 Å². The number of hydrogen-bond donors (Lipinski definition) is 1. The molecule has 0 radical (unpaired) electrons. The van der Waals surface area contributed by atoms with E-state index in [1.807, 2.05) is 50.2 Å². The molecule has 5 nitrogen and oxygen atoms in total. The van der Waals surface area contributed by atoms with Crippen molar-refractivity contribution in [3.05, 3.63) is 54.0 Å². The Morgan fingerprint density at radius 3 is 2.68 bits per heavy atom. The van der Waals surface area contributed by atoms with Crippen LogP contribution in [0.3, 0.4) is 0 Å².